The molecule has 0 aliphatic heterocycles. The first-order valence-electron chi connectivity index (χ1n) is 7.24. The van der Waals surface area contributed by atoms with E-state index < -0.39 is 11.9 Å². The Balaban J connectivity index is 2.82. The highest BCUT2D eigenvalue weighted by Gasteiger charge is 2.21. The SMILES string of the molecule is CC(CC(C)C(=O)Nc1ccccc1C(C)(C)C)C(=O)[O-]. The van der Waals surface area contributed by atoms with Crippen LogP contribution in [0, 0.1) is 11.8 Å². The number of hydrogen-bond acceptors (Lipinski definition) is 3. The van der Waals surface area contributed by atoms with Gasteiger partial charge in [0.15, 0.2) is 0 Å². The third kappa shape index (κ3) is 4.88. The number of nitrogens with one attached hydrogen (secondary N) is 1. The van der Waals surface area contributed by atoms with Crippen LogP contribution in [0.4, 0.5) is 5.69 Å². The Morgan fingerprint density at radius 2 is 1.71 bits per heavy atom. The number of carbonyl (C=O) groups excluding carboxylic acids is 2. The summed E-state index contributed by atoms with van der Waals surface area (Å²) < 4.78 is 0. The first kappa shape index (κ1) is 17.2. The van der Waals surface area contributed by atoms with E-state index in [9.17, 15) is 14.7 Å². The van der Waals surface area contributed by atoms with Crippen LogP contribution < -0.4 is 10.4 Å². The molecule has 0 aliphatic carbocycles. The fraction of sp³-hybridized carbons (Fsp3) is 0.529. The zero-order chi connectivity index (χ0) is 16.2. The number of aliphatic carboxylic acids is 1. The van der Waals surface area contributed by atoms with Gasteiger partial charge < -0.3 is 15.2 Å². The second-order valence-corrected chi connectivity index (χ2v) is 6.64. The van der Waals surface area contributed by atoms with E-state index in [0.717, 1.165) is 11.3 Å². The van der Waals surface area contributed by atoms with Gasteiger partial charge in [-0.15, -0.1) is 0 Å². The lowest BCUT2D eigenvalue weighted by Crippen LogP contribution is -2.33. The molecule has 2 atom stereocenters. The first-order chi connectivity index (χ1) is 9.62. The van der Waals surface area contributed by atoms with Gasteiger partial charge in [0, 0.05) is 17.6 Å². The van der Waals surface area contributed by atoms with Gasteiger partial charge in [0.05, 0.1) is 0 Å². The number of benzene rings is 1. The molecular formula is C17H24NO3-. The summed E-state index contributed by atoms with van der Waals surface area (Å²) in [5.74, 6) is -2.31. The lowest BCUT2D eigenvalue weighted by molar-refractivity contribution is -0.311. The summed E-state index contributed by atoms with van der Waals surface area (Å²) in [6, 6.07) is 7.68. The van der Waals surface area contributed by atoms with Crippen molar-refractivity contribution >= 4 is 17.6 Å². The molecule has 1 rings (SSSR count). The van der Waals surface area contributed by atoms with Crippen LogP contribution in [0.3, 0.4) is 0 Å². The number of carboxylic acid groups (broad SMARTS) is 1. The molecule has 1 aromatic rings. The molecule has 4 heteroatoms. The summed E-state index contributed by atoms with van der Waals surface area (Å²) >= 11 is 0. The van der Waals surface area contributed by atoms with Crippen LogP contribution in [0.1, 0.15) is 46.6 Å². The van der Waals surface area contributed by atoms with Crippen molar-refractivity contribution in [2.24, 2.45) is 11.8 Å². The quantitative estimate of drug-likeness (QED) is 0.905. The van der Waals surface area contributed by atoms with Gasteiger partial charge in [-0.25, -0.2) is 0 Å². The summed E-state index contributed by atoms with van der Waals surface area (Å²) in [6.07, 6.45) is 0.270. The van der Waals surface area contributed by atoms with Crippen molar-refractivity contribution < 1.29 is 14.7 Å². The second kappa shape index (κ2) is 6.74. The summed E-state index contributed by atoms with van der Waals surface area (Å²) in [7, 11) is 0. The van der Waals surface area contributed by atoms with Gasteiger partial charge >= 0.3 is 0 Å². The fourth-order valence-corrected chi connectivity index (χ4v) is 2.24. The molecule has 2 unspecified atom stereocenters. The van der Waals surface area contributed by atoms with Gasteiger partial charge in [0.1, 0.15) is 0 Å². The van der Waals surface area contributed by atoms with Gasteiger partial charge in [-0.2, -0.15) is 0 Å². The van der Waals surface area contributed by atoms with E-state index in [0.29, 0.717) is 0 Å². The fourth-order valence-electron chi connectivity index (χ4n) is 2.24. The molecule has 116 valence electrons. The Kier molecular flexibility index (Phi) is 5.53. The standard InChI is InChI=1S/C17H25NO3/c1-11(10-12(2)16(20)21)15(19)18-14-9-7-6-8-13(14)17(3,4)5/h6-9,11-12H,10H2,1-5H3,(H,18,19)(H,20,21)/p-1. The largest absolute Gasteiger partial charge is 0.550 e. The number of carboxylic acids is 1. The molecule has 0 bridgehead atoms. The molecule has 4 nitrogen and oxygen atoms in total. The average Bonchev–Trinajstić information content (AvgIpc) is 2.37. The van der Waals surface area contributed by atoms with Gasteiger partial charge in [-0.1, -0.05) is 52.8 Å². The Hall–Kier alpha value is -1.84. The molecule has 1 aromatic carbocycles. The van der Waals surface area contributed by atoms with Crippen LogP contribution in [0.25, 0.3) is 0 Å². The van der Waals surface area contributed by atoms with Crippen molar-refractivity contribution in [3.8, 4) is 0 Å². The highest BCUT2D eigenvalue weighted by atomic mass is 16.4. The van der Waals surface area contributed by atoms with Crippen molar-refractivity contribution in [2.45, 2.75) is 46.5 Å². The van der Waals surface area contributed by atoms with E-state index >= 15 is 0 Å². The Morgan fingerprint density at radius 3 is 2.24 bits per heavy atom. The summed E-state index contributed by atoms with van der Waals surface area (Å²) in [4.78, 5) is 23.0. The van der Waals surface area contributed by atoms with Crippen molar-refractivity contribution in [1.29, 1.82) is 0 Å². The molecule has 1 N–H and O–H groups in total. The van der Waals surface area contributed by atoms with E-state index in [1.807, 2.05) is 24.3 Å². The molecule has 21 heavy (non-hydrogen) atoms. The average molecular weight is 290 g/mol. The zero-order valence-electron chi connectivity index (χ0n) is 13.4. The van der Waals surface area contributed by atoms with Crippen LogP contribution in [0.2, 0.25) is 0 Å². The van der Waals surface area contributed by atoms with Gasteiger partial charge in [0.2, 0.25) is 5.91 Å². The molecule has 0 radical (unpaired) electrons. The lowest BCUT2D eigenvalue weighted by atomic mass is 9.85. The summed E-state index contributed by atoms with van der Waals surface area (Å²) in [5.41, 5.74) is 1.76. The predicted octanol–water partition coefficient (Wildman–Crippen LogP) is 2.33. The zero-order valence-corrected chi connectivity index (χ0v) is 13.4. The van der Waals surface area contributed by atoms with E-state index in [1.165, 1.54) is 0 Å². The Labute approximate surface area is 126 Å². The number of carbonyl (C=O) groups is 2. The Bertz CT molecular complexity index is 517. The lowest BCUT2D eigenvalue weighted by Gasteiger charge is -2.24. The number of para-hydroxylation sites is 1. The minimum absolute atomic E-state index is 0.0780. The van der Waals surface area contributed by atoms with Crippen LogP contribution in [-0.4, -0.2) is 11.9 Å². The van der Waals surface area contributed by atoms with Crippen LogP contribution >= 0.6 is 0 Å². The molecule has 0 spiro atoms. The highest BCUT2D eigenvalue weighted by molar-refractivity contribution is 5.93. The van der Waals surface area contributed by atoms with Crippen LogP contribution in [0.5, 0.6) is 0 Å². The number of rotatable bonds is 5. The smallest absolute Gasteiger partial charge is 0.227 e. The monoisotopic (exact) mass is 290 g/mol. The molecular weight excluding hydrogens is 266 g/mol. The maximum absolute atomic E-state index is 12.2. The third-order valence-corrected chi connectivity index (χ3v) is 3.55. The third-order valence-electron chi connectivity index (χ3n) is 3.55. The molecule has 0 heterocycles. The van der Waals surface area contributed by atoms with E-state index in [-0.39, 0.29) is 23.7 Å². The van der Waals surface area contributed by atoms with Crippen molar-refractivity contribution in [2.75, 3.05) is 5.32 Å². The number of anilines is 1. The maximum Gasteiger partial charge on any atom is 0.227 e. The number of amides is 1. The normalized spacial score (nSPS) is 14.3. The van der Waals surface area contributed by atoms with Gasteiger partial charge in [0.25, 0.3) is 0 Å². The first-order valence-corrected chi connectivity index (χ1v) is 7.24. The molecule has 0 fully saturated rings. The van der Waals surface area contributed by atoms with E-state index in [4.69, 9.17) is 0 Å². The van der Waals surface area contributed by atoms with Crippen molar-refractivity contribution in [3.63, 3.8) is 0 Å². The van der Waals surface area contributed by atoms with Gasteiger partial charge in [-0.3, -0.25) is 4.79 Å². The maximum atomic E-state index is 12.2. The summed E-state index contributed by atoms with van der Waals surface area (Å²) in [6.45, 7) is 9.54. The molecule has 1 amide bonds. The topological polar surface area (TPSA) is 69.2 Å². The van der Waals surface area contributed by atoms with Crippen LogP contribution in [-0.2, 0) is 15.0 Å². The summed E-state index contributed by atoms with van der Waals surface area (Å²) in [5, 5.41) is 13.7. The minimum atomic E-state index is -1.12. The molecule has 0 saturated carbocycles. The highest BCUT2D eigenvalue weighted by Crippen LogP contribution is 2.29. The Morgan fingerprint density at radius 1 is 1.14 bits per heavy atom. The predicted molar refractivity (Wildman–Crippen MR) is 81.7 cm³/mol. The van der Waals surface area contributed by atoms with E-state index in [2.05, 4.69) is 26.1 Å². The van der Waals surface area contributed by atoms with Gasteiger partial charge in [-0.05, 0) is 29.4 Å². The molecule has 0 saturated heterocycles. The van der Waals surface area contributed by atoms with Crippen LogP contribution in [0.15, 0.2) is 24.3 Å². The van der Waals surface area contributed by atoms with E-state index in [1.54, 1.807) is 13.8 Å². The molecule has 0 aliphatic rings. The second-order valence-electron chi connectivity index (χ2n) is 6.64. The molecule has 0 aromatic heterocycles. The minimum Gasteiger partial charge on any atom is -0.550 e. The number of hydrogen-bond donors (Lipinski definition) is 1. The van der Waals surface area contributed by atoms with Crippen molar-refractivity contribution in [1.82, 2.24) is 0 Å². The van der Waals surface area contributed by atoms with Crippen molar-refractivity contribution in [3.05, 3.63) is 29.8 Å².